The number of thioether (sulfide) groups is 1. The van der Waals surface area contributed by atoms with E-state index in [2.05, 4.69) is 30.7 Å². The van der Waals surface area contributed by atoms with E-state index in [1.54, 1.807) is 40.5 Å². The first-order valence-corrected chi connectivity index (χ1v) is 12.9. The molecule has 0 saturated carbocycles. The van der Waals surface area contributed by atoms with Crippen LogP contribution >= 0.6 is 11.8 Å². The molecule has 0 aromatic carbocycles. The summed E-state index contributed by atoms with van der Waals surface area (Å²) in [5.74, 6) is 0. The van der Waals surface area contributed by atoms with Crippen LogP contribution in [0.4, 0.5) is 0 Å². The summed E-state index contributed by atoms with van der Waals surface area (Å²) in [7, 11) is 0. The zero-order valence-electron chi connectivity index (χ0n) is 15.3. The molecule has 5 heteroatoms. The zero-order chi connectivity index (χ0) is 17.6. The summed E-state index contributed by atoms with van der Waals surface area (Å²) < 4.78 is 1.86. The molecule has 1 heterocycles. The van der Waals surface area contributed by atoms with Crippen LogP contribution in [0.25, 0.3) is 0 Å². The molecule has 1 rings (SSSR count). The Bertz CT molecular complexity index is 381. The van der Waals surface area contributed by atoms with Gasteiger partial charge in [0.05, 0.1) is 0 Å². The monoisotopic (exact) mass is 548 g/mol. The van der Waals surface area contributed by atoms with Gasteiger partial charge in [0.1, 0.15) is 0 Å². The van der Waals surface area contributed by atoms with Crippen LogP contribution in [0, 0.1) is 0 Å². The Morgan fingerprint density at radius 2 is 1.48 bits per heavy atom. The predicted octanol–water partition coefficient (Wildman–Crippen LogP) is 4.88. The van der Waals surface area contributed by atoms with Gasteiger partial charge in [-0.25, -0.2) is 0 Å². The third kappa shape index (κ3) is 13.0. The van der Waals surface area contributed by atoms with Gasteiger partial charge in [-0.05, 0) is 0 Å². The Morgan fingerprint density at radius 1 is 1.00 bits per heavy atom. The summed E-state index contributed by atoms with van der Waals surface area (Å²) in [6, 6.07) is 1.93. The Morgan fingerprint density at radius 3 is 1.78 bits per heavy atom. The number of rotatable bonds is 10. The van der Waals surface area contributed by atoms with Crippen molar-refractivity contribution in [3.63, 3.8) is 0 Å². The van der Waals surface area contributed by atoms with Crippen LogP contribution in [-0.2, 0) is 0 Å². The molecular weight excluding hydrogens is 514 g/mol. The molecular formula is C18H32N2SSn2. The number of hydrogen-bond donors (Lipinski definition) is 0. The maximum atomic E-state index is 4.18. The van der Waals surface area contributed by atoms with E-state index in [0.29, 0.717) is 0 Å². The summed E-state index contributed by atoms with van der Waals surface area (Å²) in [6.07, 6.45) is 16.7. The summed E-state index contributed by atoms with van der Waals surface area (Å²) in [5, 5.41) is 0.865. The minimum atomic E-state index is 0.745. The van der Waals surface area contributed by atoms with Crippen LogP contribution in [-0.4, -0.2) is 61.3 Å². The van der Waals surface area contributed by atoms with Crippen molar-refractivity contribution in [3.05, 3.63) is 12.3 Å². The van der Waals surface area contributed by atoms with Crippen molar-refractivity contribution in [1.82, 2.24) is 9.97 Å². The molecule has 0 aliphatic heterocycles. The van der Waals surface area contributed by atoms with Crippen LogP contribution in [0.2, 0.25) is 3.43 Å². The second-order valence-corrected chi connectivity index (χ2v) is 11.3. The van der Waals surface area contributed by atoms with Gasteiger partial charge < -0.3 is 0 Å². The Labute approximate surface area is 175 Å². The molecule has 0 N–H and O–H groups in total. The topological polar surface area (TPSA) is 25.8 Å². The summed E-state index contributed by atoms with van der Waals surface area (Å²) in [5.41, 5.74) is 0. The molecule has 0 atom stereocenters. The summed E-state index contributed by atoms with van der Waals surface area (Å²) in [4.78, 5) is 8.21. The summed E-state index contributed by atoms with van der Waals surface area (Å²) >= 11 is 4.72. The van der Waals surface area contributed by atoms with E-state index in [9.17, 15) is 0 Å². The first-order valence-electron chi connectivity index (χ1n) is 8.85. The Kier molecular flexibility index (Phi) is 16.0. The van der Waals surface area contributed by atoms with Crippen molar-refractivity contribution in [2.45, 2.75) is 87.1 Å². The average Bonchev–Trinajstić information content (AvgIpc) is 2.57. The van der Waals surface area contributed by atoms with Gasteiger partial charge in [0.25, 0.3) is 0 Å². The van der Waals surface area contributed by atoms with Gasteiger partial charge in [0.2, 0.25) is 0 Å². The fraction of sp³-hybridized carbons (Fsp3) is 0.778. The van der Waals surface area contributed by atoms with Crippen molar-refractivity contribution >= 4 is 60.5 Å². The normalized spacial score (nSPS) is 11.0. The van der Waals surface area contributed by atoms with Crippen molar-refractivity contribution < 1.29 is 0 Å². The molecule has 0 unspecified atom stereocenters. The average molecular weight is 546 g/mol. The van der Waals surface area contributed by atoms with Gasteiger partial charge in [-0.1, -0.05) is 0 Å². The Hall–Kier alpha value is 1.03. The van der Waals surface area contributed by atoms with Gasteiger partial charge in [0.15, 0.2) is 0 Å². The first kappa shape index (κ1) is 24.0. The Balaban J connectivity index is 0.000000459. The van der Waals surface area contributed by atoms with E-state index in [0.717, 1.165) is 12.3 Å². The van der Waals surface area contributed by atoms with Gasteiger partial charge in [-0.3, -0.25) is 0 Å². The van der Waals surface area contributed by atoms with E-state index in [1.165, 1.54) is 80.3 Å². The van der Waals surface area contributed by atoms with E-state index < -0.39 is 0 Å². The van der Waals surface area contributed by atoms with E-state index >= 15 is 0 Å². The van der Waals surface area contributed by atoms with Crippen molar-refractivity contribution in [3.8, 4) is 0 Å². The number of unbranched alkanes of at least 4 members (excludes halogenated alkanes) is 3. The molecule has 0 amide bonds. The van der Waals surface area contributed by atoms with E-state index in [1.807, 2.05) is 12.3 Å². The number of aromatic nitrogens is 2. The van der Waals surface area contributed by atoms with Crippen LogP contribution < -0.4 is 3.71 Å². The third-order valence-electron chi connectivity index (χ3n) is 3.84. The molecule has 6 radical (unpaired) electrons. The zero-order valence-corrected chi connectivity index (χ0v) is 21.8. The fourth-order valence-corrected chi connectivity index (χ4v) is 4.98. The molecule has 0 fully saturated rings. The van der Waals surface area contributed by atoms with Crippen molar-refractivity contribution in [2.75, 3.05) is 6.26 Å². The van der Waals surface area contributed by atoms with Crippen molar-refractivity contribution in [1.29, 1.82) is 0 Å². The van der Waals surface area contributed by atoms with Crippen LogP contribution in [0.1, 0.15) is 78.6 Å². The van der Waals surface area contributed by atoms with Crippen LogP contribution in [0.3, 0.4) is 0 Å². The molecule has 23 heavy (non-hydrogen) atoms. The molecule has 0 aliphatic carbocycles. The van der Waals surface area contributed by atoms with Gasteiger partial charge in [-0.15, -0.1) is 0 Å². The molecule has 0 aliphatic rings. The molecule has 0 saturated heterocycles. The predicted molar refractivity (Wildman–Crippen MR) is 106 cm³/mol. The molecule has 1 aromatic rings. The molecule has 1 aromatic heterocycles. The number of hydrogen-bond acceptors (Lipinski definition) is 3. The second kappa shape index (κ2) is 15.3. The van der Waals surface area contributed by atoms with E-state index in [4.69, 9.17) is 0 Å². The third-order valence-corrected chi connectivity index (χ3v) is 7.34. The standard InChI is InChI=1S/C13H27.C5H5N2S.2Sn/c1-4-7-10-13(11-8-5-2)12-9-6-3;1-8-5-6-3-2-4-7-5;;/h4-12H2,1-3H3;2-3H,1H3;;. The fourth-order valence-electron chi connectivity index (χ4n) is 2.36. The van der Waals surface area contributed by atoms with Crippen LogP contribution in [0.5, 0.6) is 0 Å². The van der Waals surface area contributed by atoms with Gasteiger partial charge >= 0.3 is 176 Å². The maximum absolute atomic E-state index is 4.18. The quantitative estimate of drug-likeness (QED) is 0.238. The van der Waals surface area contributed by atoms with E-state index in [-0.39, 0.29) is 0 Å². The van der Waals surface area contributed by atoms with Crippen LogP contribution in [0.15, 0.2) is 17.4 Å². The van der Waals surface area contributed by atoms with Gasteiger partial charge in [0, 0.05) is 0 Å². The summed E-state index contributed by atoms with van der Waals surface area (Å²) in [6.45, 7) is 6.95. The molecule has 0 spiro atoms. The second-order valence-electron chi connectivity index (χ2n) is 6.02. The molecule has 2 nitrogen and oxygen atoms in total. The van der Waals surface area contributed by atoms with Gasteiger partial charge in [-0.2, -0.15) is 0 Å². The molecule has 0 bridgehead atoms. The SMILES string of the molecule is CCCC[C]([Sn])(CCCC)CCCC.CSc1ncc[c]([Sn])n1. The molecule has 128 valence electrons. The number of nitrogens with zero attached hydrogens (tertiary/aromatic N) is 2. The minimum absolute atomic E-state index is 0.745. The van der Waals surface area contributed by atoms with Crippen molar-refractivity contribution in [2.24, 2.45) is 0 Å². The first-order chi connectivity index (χ1) is 11.0.